The van der Waals surface area contributed by atoms with Crippen LogP contribution in [-0.2, 0) is 0 Å². The van der Waals surface area contributed by atoms with Crippen LogP contribution >= 0.6 is 0 Å². The highest BCUT2D eigenvalue weighted by Gasteiger charge is 1.90. The van der Waals surface area contributed by atoms with Gasteiger partial charge in [0.2, 0.25) is 0 Å². The van der Waals surface area contributed by atoms with Gasteiger partial charge in [-0.3, -0.25) is 0 Å². The summed E-state index contributed by atoms with van der Waals surface area (Å²) < 4.78 is 0. The van der Waals surface area contributed by atoms with E-state index in [9.17, 15) is 0 Å². The monoisotopic (exact) mass is 230 g/mol. The molecule has 0 aliphatic rings. The first-order chi connectivity index (χ1) is 7.54. The lowest BCUT2D eigenvalue weighted by Crippen LogP contribution is -1.85. The molecule has 0 nitrogen and oxygen atoms in total. The summed E-state index contributed by atoms with van der Waals surface area (Å²) in [6, 6.07) is 0. The Hall–Kier alpha value is 0. The van der Waals surface area contributed by atoms with Crippen LogP contribution in [0, 0.1) is 11.8 Å². The van der Waals surface area contributed by atoms with Crippen LogP contribution in [0.4, 0.5) is 0 Å². The second-order valence-corrected chi connectivity index (χ2v) is 5.07. The lowest BCUT2D eigenvalue weighted by atomic mass is 10.1. The molecule has 16 heavy (non-hydrogen) atoms. The predicted molar refractivity (Wildman–Crippen MR) is 80.1 cm³/mol. The maximum Gasteiger partial charge on any atom is -0.0471 e. The van der Waals surface area contributed by atoms with E-state index >= 15 is 0 Å². The minimum Gasteiger partial charge on any atom is -0.0683 e. The molecule has 0 aromatic heterocycles. The smallest absolute Gasteiger partial charge is 0.0471 e. The van der Waals surface area contributed by atoms with Crippen LogP contribution in [0.15, 0.2) is 0 Å². The van der Waals surface area contributed by atoms with Gasteiger partial charge >= 0.3 is 0 Å². The van der Waals surface area contributed by atoms with Crippen LogP contribution in [-0.4, -0.2) is 0 Å². The van der Waals surface area contributed by atoms with Crippen molar-refractivity contribution in [1.29, 1.82) is 0 Å². The van der Waals surface area contributed by atoms with Crippen LogP contribution in [0.1, 0.15) is 93.9 Å². The third-order valence-corrected chi connectivity index (χ3v) is 2.25. The zero-order valence-corrected chi connectivity index (χ0v) is 13.4. The molecular formula is C16H38. The average molecular weight is 230 g/mol. The molecule has 0 amide bonds. The Morgan fingerprint density at radius 2 is 1.06 bits per heavy atom. The van der Waals surface area contributed by atoms with Crippen molar-refractivity contribution in [2.75, 3.05) is 0 Å². The molecule has 0 fully saturated rings. The molecule has 0 unspecified atom stereocenters. The molecule has 0 N–H and O–H groups in total. The van der Waals surface area contributed by atoms with Gasteiger partial charge in [0, 0.05) is 0 Å². The fourth-order valence-electron chi connectivity index (χ4n) is 1.38. The summed E-state index contributed by atoms with van der Waals surface area (Å²) in [5, 5.41) is 0. The molecule has 0 aromatic rings. The summed E-state index contributed by atoms with van der Waals surface area (Å²) in [6.07, 6.45) is 8.31. The first-order valence-corrected chi connectivity index (χ1v) is 7.54. The van der Waals surface area contributed by atoms with E-state index in [0.29, 0.717) is 0 Å². The van der Waals surface area contributed by atoms with E-state index < -0.39 is 0 Å². The van der Waals surface area contributed by atoms with Gasteiger partial charge in [0.05, 0.1) is 0 Å². The molecule has 0 aliphatic heterocycles. The Morgan fingerprint density at radius 1 is 0.625 bits per heavy atom. The summed E-state index contributed by atoms with van der Waals surface area (Å²) in [5.41, 5.74) is 0. The molecule has 0 bridgehead atoms. The van der Waals surface area contributed by atoms with E-state index in [2.05, 4.69) is 41.5 Å². The lowest BCUT2D eigenvalue weighted by Gasteiger charge is -2.00. The summed E-state index contributed by atoms with van der Waals surface area (Å²) in [5.74, 6) is 1.80. The second-order valence-electron chi connectivity index (χ2n) is 5.07. The number of rotatable bonds is 6. The first kappa shape index (κ1) is 21.3. The maximum absolute atomic E-state index is 2.29. The summed E-state index contributed by atoms with van der Waals surface area (Å²) in [7, 11) is 0. The van der Waals surface area contributed by atoms with Crippen molar-refractivity contribution in [3.8, 4) is 0 Å². The van der Waals surface area contributed by atoms with Crippen molar-refractivity contribution >= 4 is 0 Å². The quantitative estimate of drug-likeness (QED) is 0.446. The van der Waals surface area contributed by atoms with Crippen molar-refractivity contribution in [2.24, 2.45) is 11.8 Å². The minimum absolute atomic E-state index is 0.898. The molecule has 0 heteroatoms. The molecule has 0 aromatic carbocycles. The Morgan fingerprint density at radius 3 is 1.25 bits per heavy atom. The summed E-state index contributed by atoms with van der Waals surface area (Å²) in [4.78, 5) is 0. The van der Waals surface area contributed by atoms with E-state index in [0.717, 1.165) is 11.8 Å². The molecule has 0 saturated heterocycles. The van der Waals surface area contributed by atoms with E-state index in [1.165, 1.54) is 38.5 Å². The van der Waals surface area contributed by atoms with Gasteiger partial charge in [-0.25, -0.2) is 0 Å². The van der Waals surface area contributed by atoms with Gasteiger partial charge in [-0.15, -0.1) is 0 Å². The zero-order valence-electron chi connectivity index (χ0n) is 13.4. The fourth-order valence-corrected chi connectivity index (χ4v) is 1.38. The van der Waals surface area contributed by atoms with Crippen LogP contribution in [0.3, 0.4) is 0 Å². The van der Waals surface area contributed by atoms with Crippen LogP contribution in [0.25, 0.3) is 0 Å². The van der Waals surface area contributed by atoms with Crippen molar-refractivity contribution in [1.82, 2.24) is 0 Å². The van der Waals surface area contributed by atoms with Gasteiger partial charge in [-0.2, -0.15) is 0 Å². The lowest BCUT2D eigenvalue weighted by molar-refractivity contribution is 0.534. The summed E-state index contributed by atoms with van der Waals surface area (Å²) in [6.45, 7) is 17.6. The van der Waals surface area contributed by atoms with Gasteiger partial charge in [0.25, 0.3) is 0 Å². The van der Waals surface area contributed by atoms with E-state index in [-0.39, 0.29) is 0 Å². The van der Waals surface area contributed by atoms with Crippen molar-refractivity contribution in [2.45, 2.75) is 93.9 Å². The van der Waals surface area contributed by atoms with Gasteiger partial charge in [0.15, 0.2) is 0 Å². The third kappa shape index (κ3) is 37.0. The fraction of sp³-hybridized carbons (Fsp3) is 1.00. The largest absolute Gasteiger partial charge is 0.0683 e. The zero-order chi connectivity index (χ0) is 13.4. The molecule has 0 radical (unpaired) electrons. The Balaban J connectivity index is -0.000000188. The highest BCUT2D eigenvalue weighted by atomic mass is 14.0. The van der Waals surface area contributed by atoms with Gasteiger partial charge in [0.1, 0.15) is 0 Å². The van der Waals surface area contributed by atoms with Crippen LogP contribution < -0.4 is 0 Å². The topological polar surface area (TPSA) is 0 Å². The number of hydrogen-bond acceptors (Lipinski definition) is 0. The first-order valence-electron chi connectivity index (χ1n) is 7.54. The van der Waals surface area contributed by atoms with Crippen LogP contribution in [0.2, 0.25) is 0 Å². The van der Waals surface area contributed by atoms with Gasteiger partial charge in [-0.05, 0) is 11.8 Å². The average Bonchev–Trinajstić information content (AvgIpc) is 2.21. The second kappa shape index (κ2) is 20.4. The van der Waals surface area contributed by atoms with Crippen molar-refractivity contribution < 1.29 is 0 Å². The standard InChI is InChI=1S/C8H18.C6H14.C2H6/c1-4-5-6-7-8(2)3;1-4-5-6(2)3;1-2/h8H,4-7H2,1-3H3;6H,4-5H2,1-3H3;1-2H3. The van der Waals surface area contributed by atoms with Crippen molar-refractivity contribution in [3.05, 3.63) is 0 Å². The molecule has 0 saturated carbocycles. The number of unbranched alkanes of at least 4 members (excludes halogenated alkanes) is 2. The number of hydrogen-bond donors (Lipinski definition) is 0. The molecule has 0 atom stereocenters. The SMILES string of the molecule is CC.CCCC(C)C.CCCCCC(C)C. The van der Waals surface area contributed by atoms with Gasteiger partial charge in [-0.1, -0.05) is 93.9 Å². The van der Waals surface area contributed by atoms with Gasteiger partial charge < -0.3 is 0 Å². The Bertz CT molecular complexity index is 82.0. The van der Waals surface area contributed by atoms with E-state index in [1.54, 1.807) is 0 Å². The van der Waals surface area contributed by atoms with E-state index in [1.807, 2.05) is 13.8 Å². The normalized spacial score (nSPS) is 9.38. The highest BCUT2D eigenvalue weighted by Crippen LogP contribution is 2.06. The predicted octanol–water partition coefficient (Wildman–Crippen LogP) is 6.69. The molecule has 102 valence electrons. The Labute approximate surface area is 106 Å². The molecule has 0 heterocycles. The van der Waals surface area contributed by atoms with Crippen LogP contribution in [0.5, 0.6) is 0 Å². The Kier molecular flexibility index (Phi) is 27.2. The van der Waals surface area contributed by atoms with Crippen molar-refractivity contribution in [3.63, 3.8) is 0 Å². The minimum atomic E-state index is 0.898. The van der Waals surface area contributed by atoms with E-state index in [4.69, 9.17) is 0 Å². The molecular weight excluding hydrogens is 192 g/mol. The molecule has 0 rings (SSSR count). The third-order valence-electron chi connectivity index (χ3n) is 2.25. The molecule has 0 aliphatic carbocycles. The maximum atomic E-state index is 2.29. The highest BCUT2D eigenvalue weighted by molar-refractivity contribution is 4.44. The summed E-state index contributed by atoms with van der Waals surface area (Å²) >= 11 is 0. The molecule has 0 spiro atoms.